The summed E-state index contributed by atoms with van der Waals surface area (Å²) < 4.78 is 0. The van der Waals surface area contributed by atoms with E-state index in [-0.39, 0.29) is 6.61 Å². The number of hydrogen-bond donors (Lipinski definition) is 2. The summed E-state index contributed by atoms with van der Waals surface area (Å²) in [7, 11) is 0. The fourth-order valence-corrected chi connectivity index (χ4v) is 1.51. The quantitative estimate of drug-likeness (QED) is 0.827. The van der Waals surface area contributed by atoms with Crippen LogP contribution >= 0.6 is 0 Å². The number of benzene rings is 1. The lowest BCUT2D eigenvalue weighted by atomic mass is 10.1. The van der Waals surface area contributed by atoms with Crippen LogP contribution in [0.3, 0.4) is 0 Å². The van der Waals surface area contributed by atoms with Crippen LogP contribution in [0.5, 0.6) is 0 Å². The molecule has 0 fully saturated rings. The van der Waals surface area contributed by atoms with Crippen LogP contribution in [0.1, 0.15) is 5.69 Å². The molecule has 17 heavy (non-hydrogen) atoms. The maximum absolute atomic E-state index is 8.69. The van der Waals surface area contributed by atoms with Crippen molar-refractivity contribution < 1.29 is 5.11 Å². The molecule has 5 heteroatoms. The smallest absolute Gasteiger partial charge is 0.243 e. The minimum Gasteiger partial charge on any atom is -0.395 e. The molecule has 0 amide bonds. The molecule has 2 N–H and O–H groups in total. The zero-order valence-electron chi connectivity index (χ0n) is 9.59. The Hall–Kier alpha value is -2.01. The van der Waals surface area contributed by atoms with Crippen molar-refractivity contribution >= 4 is 5.95 Å². The first-order valence-electron chi connectivity index (χ1n) is 5.42. The van der Waals surface area contributed by atoms with E-state index in [4.69, 9.17) is 5.11 Å². The van der Waals surface area contributed by atoms with E-state index >= 15 is 0 Å². The van der Waals surface area contributed by atoms with E-state index in [1.165, 1.54) is 0 Å². The zero-order chi connectivity index (χ0) is 12.1. The molecule has 88 valence electrons. The first-order valence-corrected chi connectivity index (χ1v) is 5.42. The molecule has 0 atom stereocenters. The topological polar surface area (TPSA) is 70.9 Å². The van der Waals surface area contributed by atoms with Gasteiger partial charge in [-0.2, -0.15) is 0 Å². The van der Waals surface area contributed by atoms with Crippen molar-refractivity contribution in [1.82, 2.24) is 15.2 Å². The summed E-state index contributed by atoms with van der Waals surface area (Å²) in [6, 6.07) is 9.80. The number of aromatic nitrogens is 3. The van der Waals surface area contributed by atoms with Crippen molar-refractivity contribution in [2.24, 2.45) is 0 Å². The van der Waals surface area contributed by atoms with E-state index in [0.717, 1.165) is 17.0 Å². The lowest BCUT2D eigenvalue weighted by molar-refractivity contribution is 0.310. The van der Waals surface area contributed by atoms with Crippen molar-refractivity contribution in [1.29, 1.82) is 0 Å². The predicted octanol–water partition coefficient (Wildman–Crippen LogP) is 1.25. The minimum absolute atomic E-state index is 0.0445. The van der Waals surface area contributed by atoms with Crippen molar-refractivity contribution in [3.05, 3.63) is 36.0 Å². The molecule has 2 rings (SSSR count). The molecule has 0 aliphatic heterocycles. The minimum atomic E-state index is 0.0445. The van der Waals surface area contributed by atoms with E-state index in [9.17, 15) is 0 Å². The molecule has 0 bridgehead atoms. The molecule has 1 aromatic carbocycles. The fourth-order valence-electron chi connectivity index (χ4n) is 1.51. The van der Waals surface area contributed by atoms with E-state index in [2.05, 4.69) is 20.5 Å². The van der Waals surface area contributed by atoms with Crippen molar-refractivity contribution in [2.75, 3.05) is 18.5 Å². The summed E-state index contributed by atoms with van der Waals surface area (Å²) >= 11 is 0. The summed E-state index contributed by atoms with van der Waals surface area (Å²) in [6.45, 7) is 2.36. The maximum Gasteiger partial charge on any atom is 0.243 e. The van der Waals surface area contributed by atoms with Gasteiger partial charge in [-0.1, -0.05) is 30.3 Å². The van der Waals surface area contributed by atoms with Gasteiger partial charge in [0, 0.05) is 12.1 Å². The van der Waals surface area contributed by atoms with Gasteiger partial charge >= 0.3 is 0 Å². The highest BCUT2D eigenvalue weighted by molar-refractivity contribution is 5.60. The zero-order valence-corrected chi connectivity index (χ0v) is 9.59. The molecule has 0 radical (unpaired) electrons. The van der Waals surface area contributed by atoms with Gasteiger partial charge in [0.25, 0.3) is 0 Å². The monoisotopic (exact) mass is 230 g/mol. The number of nitrogens with zero attached hydrogens (tertiary/aromatic N) is 3. The Morgan fingerprint density at radius 1 is 1.18 bits per heavy atom. The molecule has 1 aromatic heterocycles. The number of aryl methyl sites for hydroxylation is 1. The molecule has 0 saturated heterocycles. The first kappa shape index (κ1) is 11.5. The van der Waals surface area contributed by atoms with Gasteiger partial charge in [0.15, 0.2) is 0 Å². The maximum atomic E-state index is 8.69. The second-order valence-electron chi connectivity index (χ2n) is 3.59. The third-order valence-corrected chi connectivity index (χ3v) is 2.30. The molecule has 0 saturated carbocycles. The highest BCUT2D eigenvalue weighted by Gasteiger charge is 2.06. The van der Waals surface area contributed by atoms with Gasteiger partial charge in [0.05, 0.1) is 12.3 Å². The standard InChI is InChI=1S/C12H14N4O/c1-9-11(10-5-3-2-4-6-10)15-16-12(14-9)13-7-8-17/h2-6,17H,7-8H2,1H3,(H,13,14,16). The normalized spacial score (nSPS) is 10.2. The van der Waals surface area contributed by atoms with Crippen LogP contribution in [-0.2, 0) is 0 Å². The van der Waals surface area contributed by atoms with Crippen molar-refractivity contribution in [2.45, 2.75) is 6.92 Å². The van der Waals surface area contributed by atoms with Crippen molar-refractivity contribution in [3.8, 4) is 11.3 Å². The Morgan fingerprint density at radius 2 is 1.94 bits per heavy atom. The number of nitrogens with one attached hydrogen (secondary N) is 1. The first-order chi connectivity index (χ1) is 8.31. The summed E-state index contributed by atoms with van der Waals surface area (Å²) in [5.41, 5.74) is 2.59. The van der Waals surface area contributed by atoms with Crippen LogP contribution in [0.15, 0.2) is 30.3 Å². The Morgan fingerprint density at radius 3 is 2.59 bits per heavy atom. The molecule has 0 spiro atoms. The molecule has 0 aliphatic carbocycles. The predicted molar refractivity (Wildman–Crippen MR) is 65.6 cm³/mol. The lowest BCUT2D eigenvalue weighted by Crippen LogP contribution is -2.10. The lowest BCUT2D eigenvalue weighted by Gasteiger charge is -2.06. The number of rotatable bonds is 4. The molecule has 2 aromatic rings. The molecule has 1 heterocycles. The molecular weight excluding hydrogens is 216 g/mol. The molecule has 0 unspecified atom stereocenters. The second-order valence-corrected chi connectivity index (χ2v) is 3.59. The number of aliphatic hydroxyl groups is 1. The van der Waals surface area contributed by atoms with Crippen LogP contribution in [0.25, 0.3) is 11.3 Å². The second kappa shape index (κ2) is 5.36. The average molecular weight is 230 g/mol. The van der Waals surface area contributed by atoms with Crippen LogP contribution in [-0.4, -0.2) is 33.4 Å². The fraction of sp³-hybridized carbons (Fsp3) is 0.250. The molecule has 5 nitrogen and oxygen atoms in total. The van der Waals surface area contributed by atoms with Gasteiger partial charge in [-0.3, -0.25) is 0 Å². The van der Waals surface area contributed by atoms with Gasteiger partial charge in [0.1, 0.15) is 5.69 Å². The summed E-state index contributed by atoms with van der Waals surface area (Å²) in [6.07, 6.45) is 0. The van der Waals surface area contributed by atoms with Crippen LogP contribution in [0.2, 0.25) is 0 Å². The van der Waals surface area contributed by atoms with Gasteiger partial charge < -0.3 is 10.4 Å². The van der Waals surface area contributed by atoms with Crippen LogP contribution in [0, 0.1) is 6.92 Å². The highest BCUT2D eigenvalue weighted by Crippen LogP contribution is 2.18. The number of aliphatic hydroxyl groups excluding tert-OH is 1. The van der Waals surface area contributed by atoms with E-state index in [0.29, 0.717) is 12.5 Å². The Balaban J connectivity index is 2.26. The van der Waals surface area contributed by atoms with Crippen LogP contribution in [0.4, 0.5) is 5.95 Å². The largest absolute Gasteiger partial charge is 0.395 e. The summed E-state index contributed by atoms with van der Waals surface area (Å²) in [5, 5.41) is 19.7. The van der Waals surface area contributed by atoms with E-state index in [1.807, 2.05) is 37.3 Å². The third kappa shape index (κ3) is 2.76. The van der Waals surface area contributed by atoms with Gasteiger partial charge in [-0.05, 0) is 6.92 Å². The SMILES string of the molecule is Cc1nc(NCCO)nnc1-c1ccccc1. The Labute approximate surface area is 99.6 Å². The summed E-state index contributed by atoms with van der Waals surface area (Å²) in [5.74, 6) is 0.441. The van der Waals surface area contributed by atoms with E-state index in [1.54, 1.807) is 0 Å². The number of anilines is 1. The van der Waals surface area contributed by atoms with Crippen molar-refractivity contribution in [3.63, 3.8) is 0 Å². The Bertz CT molecular complexity index is 487. The summed E-state index contributed by atoms with van der Waals surface area (Å²) in [4.78, 5) is 4.29. The van der Waals surface area contributed by atoms with E-state index < -0.39 is 0 Å². The molecular formula is C12H14N4O. The van der Waals surface area contributed by atoms with Crippen LogP contribution < -0.4 is 5.32 Å². The highest BCUT2D eigenvalue weighted by atomic mass is 16.3. The third-order valence-electron chi connectivity index (χ3n) is 2.30. The number of hydrogen-bond acceptors (Lipinski definition) is 5. The van der Waals surface area contributed by atoms with Gasteiger partial charge in [0.2, 0.25) is 5.95 Å². The van der Waals surface area contributed by atoms with Gasteiger partial charge in [-0.15, -0.1) is 10.2 Å². The Kier molecular flexibility index (Phi) is 3.62. The average Bonchev–Trinajstić information content (AvgIpc) is 2.37. The molecule has 0 aliphatic rings. The van der Waals surface area contributed by atoms with Gasteiger partial charge in [-0.25, -0.2) is 4.98 Å².